The summed E-state index contributed by atoms with van der Waals surface area (Å²) >= 11 is 0. The Morgan fingerprint density at radius 1 is 1.53 bits per heavy atom. The Bertz CT molecular complexity index is 590. The van der Waals surface area contributed by atoms with Gasteiger partial charge in [0.2, 0.25) is 0 Å². The number of carbonyl (C=O) groups is 1. The molecule has 0 N–H and O–H groups in total. The van der Waals surface area contributed by atoms with Crippen LogP contribution in [0.25, 0.3) is 11.0 Å². The summed E-state index contributed by atoms with van der Waals surface area (Å²) in [7, 11) is 2.97. The first-order valence-electron chi connectivity index (χ1n) is 4.87. The van der Waals surface area contributed by atoms with Gasteiger partial charge in [-0.1, -0.05) is 16.5 Å². The summed E-state index contributed by atoms with van der Waals surface area (Å²) in [6.07, 6.45) is 0. The highest BCUT2D eigenvalue weighted by Crippen LogP contribution is 2.21. The maximum atomic E-state index is 11.6. The molecule has 0 unspecified atom stereocenters. The summed E-state index contributed by atoms with van der Waals surface area (Å²) in [6.45, 7) is -0.00333. The SMILES string of the molecule is COC(=O)c1ccc(CN=O)c2nnn(C)c12. The quantitative estimate of drug-likeness (QED) is 0.584. The van der Waals surface area contributed by atoms with Crippen LogP contribution in [0.1, 0.15) is 15.9 Å². The van der Waals surface area contributed by atoms with Crippen molar-refractivity contribution >= 4 is 17.0 Å². The van der Waals surface area contributed by atoms with E-state index in [2.05, 4.69) is 20.2 Å². The Morgan fingerprint density at radius 2 is 2.29 bits per heavy atom. The third-order valence-corrected chi connectivity index (χ3v) is 2.48. The number of aryl methyl sites for hydroxylation is 1. The van der Waals surface area contributed by atoms with Crippen molar-refractivity contribution in [2.75, 3.05) is 7.11 Å². The molecule has 0 atom stereocenters. The first-order chi connectivity index (χ1) is 8.19. The predicted molar refractivity (Wildman–Crippen MR) is 59.3 cm³/mol. The van der Waals surface area contributed by atoms with Crippen molar-refractivity contribution < 1.29 is 9.53 Å². The highest BCUT2D eigenvalue weighted by molar-refractivity contribution is 6.02. The Kier molecular flexibility index (Phi) is 2.82. The van der Waals surface area contributed by atoms with Gasteiger partial charge in [-0.25, -0.2) is 9.48 Å². The van der Waals surface area contributed by atoms with Gasteiger partial charge >= 0.3 is 5.97 Å². The zero-order chi connectivity index (χ0) is 12.4. The van der Waals surface area contributed by atoms with E-state index in [0.717, 1.165) is 0 Å². The van der Waals surface area contributed by atoms with Crippen LogP contribution < -0.4 is 0 Å². The molecule has 1 aromatic carbocycles. The van der Waals surface area contributed by atoms with Gasteiger partial charge in [-0.15, -0.1) is 5.10 Å². The van der Waals surface area contributed by atoms with Crippen LogP contribution in [0.15, 0.2) is 17.3 Å². The average Bonchev–Trinajstić information content (AvgIpc) is 2.72. The molecule has 0 aliphatic rings. The molecule has 1 heterocycles. The second-order valence-corrected chi connectivity index (χ2v) is 3.46. The van der Waals surface area contributed by atoms with E-state index >= 15 is 0 Å². The number of esters is 1. The van der Waals surface area contributed by atoms with E-state index in [1.165, 1.54) is 11.8 Å². The number of carbonyl (C=O) groups excluding carboxylic acids is 1. The molecule has 7 nitrogen and oxygen atoms in total. The number of rotatable bonds is 3. The molecule has 0 amide bonds. The van der Waals surface area contributed by atoms with Crippen molar-refractivity contribution in [1.29, 1.82) is 0 Å². The average molecular weight is 234 g/mol. The van der Waals surface area contributed by atoms with Crippen molar-refractivity contribution in [2.24, 2.45) is 12.2 Å². The third-order valence-electron chi connectivity index (χ3n) is 2.48. The van der Waals surface area contributed by atoms with E-state index < -0.39 is 5.97 Å². The van der Waals surface area contributed by atoms with Gasteiger partial charge in [0.15, 0.2) is 0 Å². The maximum absolute atomic E-state index is 11.6. The normalized spacial score (nSPS) is 10.5. The molecule has 0 aliphatic heterocycles. The monoisotopic (exact) mass is 234 g/mol. The van der Waals surface area contributed by atoms with E-state index in [4.69, 9.17) is 0 Å². The van der Waals surface area contributed by atoms with Gasteiger partial charge in [-0.05, 0) is 6.07 Å². The van der Waals surface area contributed by atoms with Gasteiger partial charge in [0.05, 0.1) is 12.7 Å². The summed E-state index contributed by atoms with van der Waals surface area (Å²) in [4.78, 5) is 21.9. The van der Waals surface area contributed by atoms with Gasteiger partial charge in [0, 0.05) is 12.6 Å². The zero-order valence-corrected chi connectivity index (χ0v) is 9.38. The molecular weight excluding hydrogens is 224 g/mol. The number of methoxy groups -OCH3 is 1. The molecule has 0 saturated carbocycles. The zero-order valence-electron chi connectivity index (χ0n) is 9.38. The van der Waals surface area contributed by atoms with E-state index in [0.29, 0.717) is 22.2 Å². The predicted octanol–water partition coefficient (Wildman–Crippen LogP) is 1.02. The minimum Gasteiger partial charge on any atom is -0.465 e. The second-order valence-electron chi connectivity index (χ2n) is 3.46. The van der Waals surface area contributed by atoms with Crippen LogP contribution in [0.3, 0.4) is 0 Å². The lowest BCUT2D eigenvalue weighted by atomic mass is 10.1. The molecule has 0 fully saturated rings. The first-order valence-corrected chi connectivity index (χ1v) is 4.87. The summed E-state index contributed by atoms with van der Waals surface area (Å²) in [5, 5.41) is 10.6. The van der Waals surface area contributed by atoms with Crippen LogP contribution in [0.4, 0.5) is 0 Å². The molecule has 2 rings (SSSR count). The smallest absolute Gasteiger partial charge is 0.340 e. The third kappa shape index (κ3) is 1.75. The van der Waals surface area contributed by atoms with Crippen molar-refractivity contribution in [1.82, 2.24) is 15.0 Å². The number of fused-ring (bicyclic) bond motifs is 1. The fourth-order valence-corrected chi connectivity index (χ4v) is 1.69. The molecule has 88 valence electrons. The van der Waals surface area contributed by atoms with Gasteiger partial charge in [0.1, 0.15) is 17.6 Å². The largest absolute Gasteiger partial charge is 0.465 e. The number of hydrogen-bond acceptors (Lipinski definition) is 6. The topological polar surface area (TPSA) is 86.4 Å². The molecule has 0 bridgehead atoms. The van der Waals surface area contributed by atoms with Gasteiger partial charge in [0.25, 0.3) is 0 Å². The van der Waals surface area contributed by atoms with Crippen molar-refractivity contribution in [3.63, 3.8) is 0 Å². The summed E-state index contributed by atoms with van der Waals surface area (Å²) in [6, 6.07) is 3.21. The number of benzene rings is 1. The summed E-state index contributed by atoms with van der Waals surface area (Å²) < 4.78 is 6.14. The lowest BCUT2D eigenvalue weighted by Crippen LogP contribution is -2.05. The Balaban J connectivity index is 2.72. The van der Waals surface area contributed by atoms with E-state index in [1.54, 1.807) is 19.2 Å². The summed E-state index contributed by atoms with van der Waals surface area (Å²) in [5.41, 5.74) is 2.04. The molecular formula is C10H10N4O3. The molecule has 0 spiro atoms. The van der Waals surface area contributed by atoms with Gasteiger partial charge < -0.3 is 4.74 Å². The Morgan fingerprint density at radius 3 is 2.94 bits per heavy atom. The number of ether oxygens (including phenoxy) is 1. The van der Waals surface area contributed by atoms with E-state index in [-0.39, 0.29) is 6.54 Å². The molecule has 1 aromatic heterocycles. The van der Waals surface area contributed by atoms with Crippen molar-refractivity contribution in [2.45, 2.75) is 6.54 Å². The van der Waals surface area contributed by atoms with Gasteiger partial charge in [-0.2, -0.15) is 4.91 Å². The minimum atomic E-state index is -0.467. The van der Waals surface area contributed by atoms with Crippen LogP contribution in [-0.2, 0) is 18.3 Å². The van der Waals surface area contributed by atoms with Crippen LogP contribution in [0, 0.1) is 4.91 Å². The molecule has 2 aromatic rings. The van der Waals surface area contributed by atoms with Crippen molar-refractivity contribution in [3.8, 4) is 0 Å². The fraction of sp³-hybridized carbons (Fsp3) is 0.300. The molecule has 0 saturated heterocycles. The fourth-order valence-electron chi connectivity index (χ4n) is 1.69. The summed E-state index contributed by atoms with van der Waals surface area (Å²) in [5.74, 6) is -0.467. The minimum absolute atomic E-state index is 0.00333. The molecule has 0 radical (unpaired) electrons. The Hall–Kier alpha value is -2.31. The number of hydrogen-bond donors (Lipinski definition) is 0. The lowest BCUT2D eigenvalue weighted by Gasteiger charge is -2.04. The van der Waals surface area contributed by atoms with Gasteiger partial charge in [-0.3, -0.25) is 0 Å². The second kappa shape index (κ2) is 4.28. The van der Waals surface area contributed by atoms with Crippen LogP contribution in [0.2, 0.25) is 0 Å². The Labute approximate surface area is 96.3 Å². The molecule has 7 heteroatoms. The van der Waals surface area contributed by atoms with Crippen LogP contribution >= 0.6 is 0 Å². The molecule has 17 heavy (non-hydrogen) atoms. The number of nitrogens with zero attached hydrogens (tertiary/aromatic N) is 4. The first kappa shape index (κ1) is 11.2. The standard InChI is InChI=1S/C10H10N4O3/c1-14-9-7(10(15)17-2)4-3-6(5-11-16)8(9)12-13-14/h3-4H,5H2,1-2H3. The van der Waals surface area contributed by atoms with Crippen LogP contribution in [0.5, 0.6) is 0 Å². The highest BCUT2D eigenvalue weighted by atomic mass is 16.5. The number of nitroso groups, excluding NO2 is 1. The molecule has 0 aliphatic carbocycles. The van der Waals surface area contributed by atoms with E-state index in [1.807, 2.05) is 0 Å². The maximum Gasteiger partial charge on any atom is 0.340 e. The lowest BCUT2D eigenvalue weighted by molar-refractivity contribution is 0.0602. The highest BCUT2D eigenvalue weighted by Gasteiger charge is 2.17. The number of aromatic nitrogens is 3. The van der Waals surface area contributed by atoms with Crippen LogP contribution in [-0.4, -0.2) is 28.1 Å². The van der Waals surface area contributed by atoms with Crippen molar-refractivity contribution in [3.05, 3.63) is 28.2 Å². The van der Waals surface area contributed by atoms with E-state index in [9.17, 15) is 9.70 Å².